The third-order valence-corrected chi connectivity index (χ3v) is 5.81. The lowest BCUT2D eigenvalue weighted by Crippen LogP contribution is -2.39. The summed E-state index contributed by atoms with van der Waals surface area (Å²) in [6.45, 7) is 2.30. The number of amides is 1. The van der Waals surface area contributed by atoms with Gasteiger partial charge in [-0.25, -0.2) is 13.1 Å². The smallest absolute Gasteiger partial charge is 0.242 e. The first kappa shape index (κ1) is 17.3. The number of aromatic nitrogens is 1. The van der Waals surface area contributed by atoms with Crippen molar-refractivity contribution in [2.75, 3.05) is 26.3 Å². The molecular formula is C16H23N3O4S. The van der Waals surface area contributed by atoms with Crippen molar-refractivity contribution < 1.29 is 17.9 Å². The van der Waals surface area contributed by atoms with Crippen LogP contribution in [0.5, 0.6) is 0 Å². The lowest BCUT2D eigenvalue weighted by molar-refractivity contribution is -0.132. The highest BCUT2D eigenvalue weighted by Crippen LogP contribution is 2.29. The molecule has 0 radical (unpaired) electrons. The van der Waals surface area contributed by atoms with Gasteiger partial charge in [-0.3, -0.25) is 9.78 Å². The lowest BCUT2D eigenvalue weighted by Gasteiger charge is -2.25. The molecule has 2 heterocycles. The van der Waals surface area contributed by atoms with Gasteiger partial charge in [0.25, 0.3) is 0 Å². The number of carbonyl (C=O) groups excluding carboxylic acids is 1. The summed E-state index contributed by atoms with van der Waals surface area (Å²) in [7, 11) is -3.61. The summed E-state index contributed by atoms with van der Waals surface area (Å²) in [5, 5.41) is 0. The molecule has 1 saturated heterocycles. The molecule has 0 aromatic carbocycles. The van der Waals surface area contributed by atoms with Gasteiger partial charge in [0.15, 0.2) is 0 Å². The van der Waals surface area contributed by atoms with Crippen LogP contribution in [-0.2, 0) is 19.6 Å². The number of hydrogen-bond donors (Lipinski definition) is 1. The number of nitrogens with zero attached hydrogens (tertiary/aromatic N) is 2. The summed E-state index contributed by atoms with van der Waals surface area (Å²) < 4.78 is 32.1. The van der Waals surface area contributed by atoms with Crippen LogP contribution in [0.25, 0.3) is 0 Å². The first-order chi connectivity index (χ1) is 11.6. The molecule has 8 heteroatoms. The van der Waals surface area contributed by atoms with Gasteiger partial charge in [0.05, 0.1) is 6.61 Å². The van der Waals surface area contributed by atoms with E-state index < -0.39 is 10.0 Å². The van der Waals surface area contributed by atoms with Crippen molar-refractivity contribution in [3.63, 3.8) is 0 Å². The summed E-state index contributed by atoms with van der Waals surface area (Å²) >= 11 is 0. The van der Waals surface area contributed by atoms with Gasteiger partial charge in [-0.2, -0.15) is 0 Å². The molecule has 132 valence electrons. The van der Waals surface area contributed by atoms with Crippen LogP contribution in [-0.4, -0.2) is 56.6 Å². The fourth-order valence-corrected chi connectivity index (χ4v) is 3.87. The summed E-state index contributed by atoms with van der Waals surface area (Å²) in [4.78, 5) is 18.3. The molecule has 1 aromatic rings. The van der Waals surface area contributed by atoms with Gasteiger partial charge in [0.1, 0.15) is 4.90 Å². The zero-order valence-corrected chi connectivity index (χ0v) is 14.4. The van der Waals surface area contributed by atoms with Gasteiger partial charge in [0.2, 0.25) is 15.9 Å². The number of pyridine rings is 1. The monoisotopic (exact) mass is 353 g/mol. The van der Waals surface area contributed by atoms with Crippen molar-refractivity contribution in [1.82, 2.24) is 14.6 Å². The third kappa shape index (κ3) is 4.52. The van der Waals surface area contributed by atoms with E-state index in [1.165, 1.54) is 18.5 Å². The Kier molecular flexibility index (Phi) is 5.47. The van der Waals surface area contributed by atoms with E-state index in [0.717, 1.165) is 32.4 Å². The number of nitrogens with one attached hydrogen (secondary N) is 1. The maximum atomic E-state index is 12.5. The van der Waals surface area contributed by atoms with Crippen LogP contribution in [0.3, 0.4) is 0 Å². The first-order valence-electron chi connectivity index (χ1n) is 8.33. The van der Waals surface area contributed by atoms with E-state index in [9.17, 15) is 13.2 Å². The zero-order chi connectivity index (χ0) is 17.0. The van der Waals surface area contributed by atoms with E-state index in [-0.39, 0.29) is 23.8 Å². The Morgan fingerprint density at radius 1 is 1.38 bits per heavy atom. The Labute approximate surface area is 142 Å². The Morgan fingerprint density at radius 2 is 2.21 bits per heavy atom. The second kappa shape index (κ2) is 7.58. The Balaban J connectivity index is 1.50. The predicted octanol–water partition coefficient (Wildman–Crippen LogP) is 0.777. The van der Waals surface area contributed by atoms with E-state index in [4.69, 9.17) is 4.74 Å². The SMILES string of the molecule is O=C(CCNS(=O)(=O)c1cccnc1)N(C[C@@H]1CCOC1)C1CC1. The van der Waals surface area contributed by atoms with Crippen LogP contribution in [0, 0.1) is 5.92 Å². The molecule has 1 aliphatic carbocycles. The number of rotatable bonds is 8. The molecule has 0 spiro atoms. The second-order valence-corrected chi connectivity index (χ2v) is 8.11. The van der Waals surface area contributed by atoms with Gasteiger partial charge in [-0.1, -0.05) is 0 Å². The molecule has 1 atom stereocenters. The van der Waals surface area contributed by atoms with Crippen LogP contribution >= 0.6 is 0 Å². The number of ether oxygens (including phenoxy) is 1. The molecular weight excluding hydrogens is 330 g/mol. The van der Waals surface area contributed by atoms with Crippen LogP contribution < -0.4 is 4.72 Å². The summed E-state index contributed by atoms with van der Waals surface area (Å²) in [5.41, 5.74) is 0. The molecule has 1 aromatic heterocycles. The van der Waals surface area contributed by atoms with Crippen molar-refractivity contribution in [2.24, 2.45) is 5.92 Å². The minimum atomic E-state index is -3.61. The summed E-state index contributed by atoms with van der Waals surface area (Å²) in [6.07, 6.45) is 6.05. The minimum absolute atomic E-state index is 0.0123. The van der Waals surface area contributed by atoms with E-state index in [1.54, 1.807) is 6.07 Å². The van der Waals surface area contributed by atoms with Crippen molar-refractivity contribution in [1.29, 1.82) is 0 Å². The van der Waals surface area contributed by atoms with Crippen LogP contribution in [0.4, 0.5) is 0 Å². The molecule has 1 amide bonds. The van der Waals surface area contributed by atoms with E-state index in [1.807, 2.05) is 4.90 Å². The summed E-state index contributed by atoms with van der Waals surface area (Å²) in [5.74, 6) is 0.417. The highest BCUT2D eigenvalue weighted by atomic mass is 32.2. The van der Waals surface area contributed by atoms with Gasteiger partial charge in [-0.15, -0.1) is 0 Å². The van der Waals surface area contributed by atoms with Crippen molar-refractivity contribution in [3.05, 3.63) is 24.5 Å². The number of sulfonamides is 1. The average molecular weight is 353 g/mol. The molecule has 1 N–H and O–H groups in total. The largest absolute Gasteiger partial charge is 0.381 e. The van der Waals surface area contributed by atoms with Crippen molar-refractivity contribution >= 4 is 15.9 Å². The van der Waals surface area contributed by atoms with Crippen LogP contribution in [0.2, 0.25) is 0 Å². The Morgan fingerprint density at radius 3 is 2.83 bits per heavy atom. The summed E-state index contributed by atoms with van der Waals surface area (Å²) in [6, 6.07) is 3.37. The normalized spacial score (nSPS) is 20.9. The fraction of sp³-hybridized carbons (Fsp3) is 0.625. The van der Waals surface area contributed by atoms with Gasteiger partial charge >= 0.3 is 0 Å². The Hall–Kier alpha value is -1.51. The molecule has 0 bridgehead atoms. The van der Waals surface area contributed by atoms with Crippen LogP contribution in [0.15, 0.2) is 29.4 Å². The van der Waals surface area contributed by atoms with Gasteiger partial charge < -0.3 is 9.64 Å². The molecule has 2 aliphatic rings. The maximum Gasteiger partial charge on any atom is 0.242 e. The van der Waals surface area contributed by atoms with Crippen molar-refractivity contribution in [2.45, 2.75) is 36.6 Å². The number of carbonyl (C=O) groups is 1. The Bertz CT molecular complexity index is 655. The third-order valence-electron chi connectivity index (χ3n) is 4.36. The standard InChI is InChI=1S/C16H23N3O4S/c20-16(19(14-3-4-14)11-13-6-9-23-12-13)5-8-18-24(21,22)15-2-1-7-17-10-15/h1-2,7,10,13-14,18H,3-6,8-9,11-12H2/t13-/m0/s1. The van der Waals surface area contributed by atoms with Crippen LogP contribution in [0.1, 0.15) is 25.7 Å². The molecule has 0 unspecified atom stereocenters. The van der Waals surface area contributed by atoms with Gasteiger partial charge in [-0.05, 0) is 31.4 Å². The topological polar surface area (TPSA) is 88.6 Å². The molecule has 1 aliphatic heterocycles. The molecule has 3 rings (SSSR count). The highest BCUT2D eigenvalue weighted by Gasteiger charge is 2.34. The average Bonchev–Trinajstić information content (AvgIpc) is 3.29. The zero-order valence-electron chi connectivity index (χ0n) is 13.6. The fourth-order valence-electron chi connectivity index (χ4n) is 2.87. The molecule has 1 saturated carbocycles. The lowest BCUT2D eigenvalue weighted by atomic mass is 10.1. The second-order valence-electron chi connectivity index (χ2n) is 6.34. The van der Waals surface area contributed by atoms with E-state index in [2.05, 4.69) is 9.71 Å². The quantitative estimate of drug-likeness (QED) is 0.746. The maximum absolute atomic E-state index is 12.5. The number of hydrogen-bond acceptors (Lipinski definition) is 5. The molecule has 24 heavy (non-hydrogen) atoms. The highest BCUT2D eigenvalue weighted by molar-refractivity contribution is 7.89. The van der Waals surface area contributed by atoms with E-state index in [0.29, 0.717) is 18.6 Å². The molecule has 7 nitrogen and oxygen atoms in total. The first-order valence-corrected chi connectivity index (χ1v) is 9.81. The minimum Gasteiger partial charge on any atom is -0.381 e. The molecule has 2 fully saturated rings. The van der Waals surface area contributed by atoms with Gasteiger partial charge in [0, 0.05) is 50.5 Å². The van der Waals surface area contributed by atoms with E-state index >= 15 is 0 Å². The predicted molar refractivity (Wildman–Crippen MR) is 87.7 cm³/mol. The van der Waals surface area contributed by atoms with Crippen molar-refractivity contribution in [3.8, 4) is 0 Å².